The molecule has 0 saturated carbocycles. The molecule has 0 bridgehead atoms. The van der Waals surface area contributed by atoms with Gasteiger partial charge in [0.1, 0.15) is 5.75 Å². The Hall–Kier alpha value is -3.34. The minimum Gasteiger partial charge on any atom is -0.507 e. The van der Waals surface area contributed by atoms with Crippen LogP contribution in [0.15, 0.2) is 59.7 Å². The van der Waals surface area contributed by atoms with Crippen molar-refractivity contribution in [2.45, 2.75) is 52.4 Å². The lowest BCUT2D eigenvalue weighted by Crippen LogP contribution is -2.26. The maximum absolute atomic E-state index is 12.2. The molecule has 0 saturated heterocycles. The van der Waals surface area contributed by atoms with E-state index in [1.165, 1.54) is 0 Å². The van der Waals surface area contributed by atoms with Gasteiger partial charge in [0.05, 0.1) is 12.8 Å². The number of phenols is 1. The van der Waals surface area contributed by atoms with Gasteiger partial charge in [-0.15, -0.1) is 0 Å². The Kier molecular flexibility index (Phi) is 6.58. The average Bonchev–Trinajstić information content (AvgIpc) is 2.71. The number of benzene rings is 3. The molecule has 5 heteroatoms. The Morgan fingerprint density at radius 3 is 2.09 bits per heavy atom. The van der Waals surface area contributed by atoms with E-state index in [4.69, 9.17) is 0 Å². The van der Waals surface area contributed by atoms with Gasteiger partial charge in [-0.25, -0.2) is 5.43 Å². The van der Waals surface area contributed by atoms with Crippen molar-refractivity contribution < 1.29 is 9.90 Å². The van der Waals surface area contributed by atoms with E-state index in [2.05, 4.69) is 63.5 Å². The summed E-state index contributed by atoms with van der Waals surface area (Å²) in [4.78, 5) is 12.2. The van der Waals surface area contributed by atoms with Gasteiger partial charge >= 0.3 is 0 Å². The van der Waals surface area contributed by atoms with Crippen LogP contribution in [-0.2, 0) is 15.6 Å². The summed E-state index contributed by atoms with van der Waals surface area (Å²) in [5, 5.41) is 20.4. The van der Waals surface area contributed by atoms with Crippen LogP contribution < -0.4 is 10.7 Å². The third-order valence-electron chi connectivity index (χ3n) is 5.35. The van der Waals surface area contributed by atoms with Crippen LogP contribution in [0.2, 0.25) is 0 Å². The first-order chi connectivity index (χ1) is 14.9. The first-order valence-corrected chi connectivity index (χ1v) is 10.9. The first kappa shape index (κ1) is 23.3. The molecule has 0 aliphatic rings. The van der Waals surface area contributed by atoms with Gasteiger partial charge in [0.2, 0.25) is 0 Å². The number of phenolic OH excluding ortho intramolecular Hbond substituents is 1. The third kappa shape index (κ3) is 5.67. The van der Waals surface area contributed by atoms with Crippen molar-refractivity contribution in [2.24, 2.45) is 5.10 Å². The van der Waals surface area contributed by atoms with Crippen LogP contribution in [0.3, 0.4) is 0 Å². The van der Waals surface area contributed by atoms with Crippen LogP contribution in [0.25, 0.3) is 10.8 Å². The van der Waals surface area contributed by atoms with Gasteiger partial charge in [0, 0.05) is 16.8 Å². The number of hydrogen-bond donors (Lipinski definition) is 3. The fraction of sp³-hybridized carbons (Fsp3) is 0.333. The predicted octanol–water partition coefficient (Wildman–Crippen LogP) is 5.70. The zero-order chi connectivity index (χ0) is 23.5. The van der Waals surface area contributed by atoms with Crippen molar-refractivity contribution in [3.8, 4) is 5.75 Å². The zero-order valence-electron chi connectivity index (χ0n) is 19.8. The molecule has 168 valence electrons. The maximum atomic E-state index is 12.2. The monoisotopic (exact) mass is 431 g/mol. The largest absolute Gasteiger partial charge is 0.507 e. The highest BCUT2D eigenvalue weighted by Crippen LogP contribution is 2.39. The van der Waals surface area contributed by atoms with E-state index < -0.39 is 0 Å². The highest BCUT2D eigenvalue weighted by atomic mass is 16.3. The molecule has 32 heavy (non-hydrogen) atoms. The number of anilines is 1. The van der Waals surface area contributed by atoms with Gasteiger partial charge in [-0.2, -0.15) is 5.10 Å². The van der Waals surface area contributed by atoms with Crippen molar-refractivity contribution in [1.82, 2.24) is 5.43 Å². The molecule has 0 atom stereocenters. The molecule has 0 unspecified atom stereocenters. The number of amides is 1. The van der Waals surface area contributed by atoms with E-state index in [9.17, 15) is 9.90 Å². The SMILES string of the molecule is CC(C)(C)c1cc(/C=N\NC(=O)CNc2ccc3ccccc3c2)cc(C(C)(C)C)c1O. The predicted molar refractivity (Wildman–Crippen MR) is 134 cm³/mol. The second-order valence-electron chi connectivity index (χ2n) is 10.2. The summed E-state index contributed by atoms with van der Waals surface area (Å²) in [7, 11) is 0. The van der Waals surface area contributed by atoms with Crippen LogP contribution in [0.4, 0.5) is 5.69 Å². The molecule has 0 heterocycles. The fourth-order valence-electron chi connectivity index (χ4n) is 3.57. The highest BCUT2D eigenvalue weighted by molar-refractivity contribution is 5.88. The van der Waals surface area contributed by atoms with Crippen LogP contribution in [0.1, 0.15) is 58.2 Å². The van der Waals surface area contributed by atoms with Crippen LogP contribution in [0.5, 0.6) is 5.75 Å². The van der Waals surface area contributed by atoms with Gasteiger partial charge in [0.15, 0.2) is 0 Å². The molecule has 0 spiro atoms. The van der Waals surface area contributed by atoms with Crippen molar-refractivity contribution in [3.63, 3.8) is 0 Å². The van der Waals surface area contributed by atoms with Gasteiger partial charge < -0.3 is 10.4 Å². The second-order valence-corrected chi connectivity index (χ2v) is 10.2. The summed E-state index contributed by atoms with van der Waals surface area (Å²) < 4.78 is 0. The highest BCUT2D eigenvalue weighted by Gasteiger charge is 2.26. The van der Waals surface area contributed by atoms with E-state index in [1.807, 2.05) is 48.5 Å². The van der Waals surface area contributed by atoms with Gasteiger partial charge in [0.25, 0.3) is 5.91 Å². The lowest BCUT2D eigenvalue weighted by molar-refractivity contribution is -0.119. The number of aromatic hydroxyl groups is 1. The summed E-state index contributed by atoms with van der Waals surface area (Å²) in [6.07, 6.45) is 1.62. The van der Waals surface area contributed by atoms with Gasteiger partial charge in [-0.3, -0.25) is 4.79 Å². The Morgan fingerprint density at radius 1 is 0.906 bits per heavy atom. The van der Waals surface area contributed by atoms with E-state index in [0.717, 1.165) is 33.2 Å². The van der Waals surface area contributed by atoms with Crippen molar-refractivity contribution >= 4 is 28.6 Å². The van der Waals surface area contributed by atoms with Crippen molar-refractivity contribution in [2.75, 3.05) is 11.9 Å². The number of carbonyl (C=O) groups is 1. The zero-order valence-corrected chi connectivity index (χ0v) is 19.8. The number of fused-ring (bicyclic) bond motifs is 1. The Bertz CT molecular complexity index is 1120. The summed E-state index contributed by atoms with van der Waals surface area (Å²) in [6, 6.07) is 17.9. The molecule has 0 radical (unpaired) electrons. The lowest BCUT2D eigenvalue weighted by atomic mass is 9.78. The average molecular weight is 432 g/mol. The fourth-order valence-corrected chi connectivity index (χ4v) is 3.57. The first-order valence-electron chi connectivity index (χ1n) is 10.9. The minimum atomic E-state index is -0.236. The van der Waals surface area contributed by atoms with Crippen molar-refractivity contribution in [1.29, 1.82) is 0 Å². The second kappa shape index (κ2) is 9.03. The summed E-state index contributed by atoms with van der Waals surface area (Å²) >= 11 is 0. The topological polar surface area (TPSA) is 73.7 Å². The molecule has 0 aliphatic carbocycles. The molecule has 3 aromatic rings. The van der Waals surface area contributed by atoms with Crippen molar-refractivity contribution in [3.05, 3.63) is 71.3 Å². The normalized spacial score (nSPS) is 12.3. The quantitative estimate of drug-likeness (QED) is 0.358. The maximum Gasteiger partial charge on any atom is 0.259 e. The molecule has 5 nitrogen and oxygen atoms in total. The molecule has 0 fully saturated rings. The molecule has 3 N–H and O–H groups in total. The number of carbonyl (C=O) groups excluding carboxylic acids is 1. The summed E-state index contributed by atoms with van der Waals surface area (Å²) in [6.45, 7) is 12.5. The lowest BCUT2D eigenvalue weighted by Gasteiger charge is -2.27. The summed E-state index contributed by atoms with van der Waals surface area (Å²) in [5.41, 5.74) is 5.56. The Morgan fingerprint density at radius 2 is 1.50 bits per heavy atom. The van der Waals surface area contributed by atoms with Crippen LogP contribution >= 0.6 is 0 Å². The van der Waals surface area contributed by atoms with E-state index in [1.54, 1.807) is 6.21 Å². The number of hydrogen-bond acceptors (Lipinski definition) is 4. The molecule has 1 amide bonds. The molecule has 3 aromatic carbocycles. The summed E-state index contributed by atoms with van der Waals surface area (Å²) in [5.74, 6) is 0.0889. The molecule has 0 aromatic heterocycles. The number of nitrogens with one attached hydrogen (secondary N) is 2. The number of hydrazone groups is 1. The van der Waals surface area contributed by atoms with Gasteiger partial charge in [-0.1, -0.05) is 71.9 Å². The van der Waals surface area contributed by atoms with E-state index in [-0.39, 0.29) is 23.3 Å². The Labute approximate surface area is 190 Å². The van der Waals surface area contributed by atoms with E-state index in [0.29, 0.717) is 5.75 Å². The van der Waals surface area contributed by atoms with Crippen LogP contribution in [0, 0.1) is 0 Å². The van der Waals surface area contributed by atoms with Crippen LogP contribution in [-0.4, -0.2) is 23.8 Å². The van der Waals surface area contributed by atoms with E-state index >= 15 is 0 Å². The molecular weight excluding hydrogens is 398 g/mol. The molecule has 0 aliphatic heterocycles. The number of nitrogens with zero attached hydrogens (tertiary/aromatic N) is 1. The smallest absolute Gasteiger partial charge is 0.259 e. The third-order valence-corrected chi connectivity index (χ3v) is 5.35. The standard InChI is InChI=1S/C27H33N3O2/c1-26(2,3)22-13-18(14-23(25(22)32)27(4,5)6)16-29-30-24(31)17-28-21-12-11-19-9-7-8-10-20(19)15-21/h7-16,28,32H,17H2,1-6H3,(H,30,31)/b29-16-. The molecule has 3 rings (SSSR count). The molecular formula is C27H33N3O2. The van der Waals surface area contributed by atoms with Gasteiger partial charge in [-0.05, 0) is 51.4 Å². The minimum absolute atomic E-state index is 0.117. The Balaban J connectivity index is 1.68. The number of rotatable bonds is 5.